The summed E-state index contributed by atoms with van der Waals surface area (Å²) in [6.07, 6.45) is 0. The quantitative estimate of drug-likeness (QED) is 0.786. The molecular weight excluding hydrogens is 330 g/mol. The summed E-state index contributed by atoms with van der Waals surface area (Å²) in [5, 5.41) is 0.766. The van der Waals surface area contributed by atoms with Crippen LogP contribution < -0.4 is 15.2 Å². The van der Waals surface area contributed by atoms with Gasteiger partial charge in [-0.15, -0.1) is 0 Å². The number of nitrogens with two attached hydrogens (primary N) is 1. The first-order valence-corrected chi connectivity index (χ1v) is 8.24. The number of nitrogen functional groups attached to an aromatic ring is 1. The zero-order chi connectivity index (χ0) is 18.4. The van der Waals surface area contributed by atoms with Crippen molar-refractivity contribution in [2.75, 3.05) is 27.0 Å². The number of hydrogen-bond donors (Lipinski definition) is 1. The highest BCUT2D eigenvalue weighted by molar-refractivity contribution is 6.11. The number of hydrogen-bond acceptors (Lipinski definition) is 5. The fourth-order valence-corrected chi connectivity index (χ4v) is 3.44. The normalized spacial score (nSPS) is 13.2. The van der Waals surface area contributed by atoms with Crippen molar-refractivity contribution in [2.24, 2.45) is 0 Å². The maximum Gasteiger partial charge on any atom is 0.258 e. The van der Waals surface area contributed by atoms with Gasteiger partial charge in [0, 0.05) is 29.6 Å². The first kappa shape index (κ1) is 16.2. The minimum atomic E-state index is -0.0840. The Morgan fingerprint density at radius 1 is 1.12 bits per heavy atom. The zero-order valence-electron chi connectivity index (χ0n) is 14.9. The fraction of sp³-hybridized carbons (Fsp3) is 0.200. The predicted octanol–water partition coefficient (Wildman–Crippen LogP) is 3.09. The van der Waals surface area contributed by atoms with Crippen LogP contribution in [0.3, 0.4) is 0 Å². The van der Waals surface area contributed by atoms with Gasteiger partial charge in [-0.2, -0.15) is 0 Å². The summed E-state index contributed by atoms with van der Waals surface area (Å²) >= 11 is 0. The van der Waals surface area contributed by atoms with E-state index in [9.17, 15) is 4.79 Å². The lowest BCUT2D eigenvalue weighted by Crippen LogP contribution is -2.18. The van der Waals surface area contributed by atoms with Crippen molar-refractivity contribution in [1.29, 1.82) is 0 Å². The molecule has 6 nitrogen and oxygen atoms in total. The summed E-state index contributed by atoms with van der Waals surface area (Å²) in [5.41, 5.74) is 10.6. The lowest BCUT2D eigenvalue weighted by atomic mass is 9.98. The lowest BCUT2D eigenvalue weighted by molar-refractivity contribution is 0.0817. The number of benzene rings is 2. The van der Waals surface area contributed by atoms with Gasteiger partial charge in [0.1, 0.15) is 11.5 Å². The largest absolute Gasteiger partial charge is 0.497 e. The van der Waals surface area contributed by atoms with E-state index in [4.69, 9.17) is 20.2 Å². The van der Waals surface area contributed by atoms with Gasteiger partial charge < -0.3 is 20.1 Å². The van der Waals surface area contributed by atoms with E-state index in [1.54, 1.807) is 26.2 Å². The number of anilines is 1. The molecule has 0 bridgehead atoms. The second-order valence-electron chi connectivity index (χ2n) is 6.28. The van der Waals surface area contributed by atoms with Gasteiger partial charge >= 0.3 is 0 Å². The third-order valence-corrected chi connectivity index (χ3v) is 4.78. The molecular formula is C20H19N3O3. The van der Waals surface area contributed by atoms with Crippen molar-refractivity contribution in [2.45, 2.75) is 6.54 Å². The maximum absolute atomic E-state index is 12.4. The van der Waals surface area contributed by atoms with Crippen LogP contribution in [-0.2, 0) is 6.54 Å². The molecule has 4 rings (SSSR count). The SMILES string of the molecule is COc1ccc(-c2cccc3c(N)c4c(nc23)CN(C)C4=O)c(OC)c1. The Kier molecular flexibility index (Phi) is 3.68. The Labute approximate surface area is 151 Å². The number of pyridine rings is 1. The van der Waals surface area contributed by atoms with Gasteiger partial charge in [0.2, 0.25) is 0 Å². The molecule has 6 heteroatoms. The molecule has 1 amide bonds. The second kappa shape index (κ2) is 5.91. The summed E-state index contributed by atoms with van der Waals surface area (Å²) in [6, 6.07) is 11.4. The third kappa shape index (κ3) is 2.26. The minimum absolute atomic E-state index is 0.0840. The van der Waals surface area contributed by atoms with Gasteiger partial charge in [-0.3, -0.25) is 4.79 Å². The van der Waals surface area contributed by atoms with Crippen LogP contribution in [0.4, 0.5) is 5.69 Å². The molecule has 0 radical (unpaired) electrons. The van der Waals surface area contributed by atoms with Crippen molar-refractivity contribution >= 4 is 22.5 Å². The molecule has 2 heterocycles. The summed E-state index contributed by atoms with van der Waals surface area (Å²) < 4.78 is 10.8. The van der Waals surface area contributed by atoms with Crippen LogP contribution in [0.25, 0.3) is 22.0 Å². The smallest absolute Gasteiger partial charge is 0.258 e. The standard InChI is InChI=1S/C20H19N3O3/c1-23-10-15-17(20(23)24)18(21)14-6-4-5-13(19(14)22-15)12-8-7-11(25-2)9-16(12)26-3/h4-9H,10H2,1-3H3,(H2,21,22). The molecule has 132 valence electrons. The van der Waals surface area contributed by atoms with Crippen molar-refractivity contribution in [3.63, 3.8) is 0 Å². The van der Waals surface area contributed by atoms with Gasteiger partial charge in [-0.1, -0.05) is 18.2 Å². The number of para-hydroxylation sites is 1. The van der Waals surface area contributed by atoms with Crippen LogP contribution in [0, 0.1) is 0 Å². The topological polar surface area (TPSA) is 77.7 Å². The molecule has 0 saturated heterocycles. The third-order valence-electron chi connectivity index (χ3n) is 4.78. The van der Waals surface area contributed by atoms with Crippen molar-refractivity contribution in [1.82, 2.24) is 9.88 Å². The van der Waals surface area contributed by atoms with E-state index < -0.39 is 0 Å². The maximum atomic E-state index is 12.4. The molecule has 0 fully saturated rings. The summed E-state index contributed by atoms with van der Waals surface area (Å²) in [5.74, 6) is 1.32. The van der Waals surface area contributed by atoms with E-state index >= 15 is 0 Å². The number of carbonyl (C=O) groups excluding carboxylic acids is 1. The Hall–Kier alpha value is -3.28. The molecule has 0 unspecified atom stereocenters. The lowest BCUT2D eigenvalue weighted by Gasteiger charge is -2.14. The van der Waals surface area contributed by atoms with E-state index in [2.05, 4.69) is 0 Å². The molecule has 26 heavy (non-hydrogen) atoms. The highest BCUT2D eigenvalue weighted by atomic mass is 16.5. The molecule has 0 aliphatic carbocycles. The van der Waals surface area contributed by atoms with Gasteiger partial charge in [0.15, 0.2) is 0 Å². The van der Waals surface area contributed by atoms with Crippen molar-refractivity contribution in [3.8, 4) is 22.6 Å². The van der Waals surface area contributed by atoms with Gasteiger partial charge in [-0.05, 0) is 12.1 Å². The predicted molar refractivity (Wildman–Crippen MR) is 100 cm³/mol. The molecule has 0 saturated carbocycles. The van der Waals surface area contributed by atoms with E-state index in [0.29, 0.717) is 35.0 Å². The van der Waals surface area contributed by atoms with E-state index in [1.807, 2.05) is 36.4 Å². The average molecular weight is 349 g/mol. The van der Waals surface area contributed by atoms with Crippen LogP contribution in [0.2, 0.25) is 0 Å². The van der Waals surface area contributed by atoms with Crippen LogP contribution in [-0.4, -0.2) is 37.1 Å². The number of aromatic nitrogens is 1. The van der Waals surface area contributed by atoms with Crippen molar-refractivity contribution in [3.05, 3.63) is 47.7 Å². The number of methoxy groups -OCH3 is 2. The van der Waals surface area contributed by atoms with E-state index in [-0.39, 0.29) is 5.91 Å². The average Bonchev–Trinajstić information content (AvgIpc) is 2.95. The van der Waals surface area contributed by atoms with Crippen LogP contribution in [0.15, 0.2) is 36.4 Å². The van der Waals surface area contributed by atoms with Crippen LogP contribution in [0.1, 0.15) is 16.1 Å². The number of amides is 1. The molecule has 1 aromatic heterocycles. The highest BCUT2D eigenvalue weighted by Crippen LogP contribution is 2.40. The van der Waals surface area contributed by atoms with Crippen molar-refractivity contribution < 1.29 is 14.3 Å². The first-order chi connectivity index (χ1) is 12.5. The zero-order valence-corrected chi connectivity index (χ0v) is 14.9. The van der Waals surface area contributed by atoms with E-state index in [0.717, 1.165) is 22.0 Å². The van der Waals surface area contributed by atoms with Gasteiger partial charge in [-0.25, -0.2) is 4.98 Å². The summed E-state index contributed by atoms with van der Waals surface area (Å²) in [7, 11) is 4.99. The molecule has 1 aliphatic rings. The second-order valence-corrected chi connectivity index (χ2v) is 6.28. The monoisotopic (exact) mass is 349 g/mol. The highest BCUT2D eigenvalue weighted by Gasteiger charge is 2.30. The minimum Gasteiger partial charge on any atom is -0.497 e. The van der Waals surface area contributed by atoms with Crippen LogP contribution >= 0.6 is 0 Å². The summed E-state index contributed by atoms with van der Waals surface area (Å²) in [4.78, 5) is 18.8. The Balaban J connectivity index is 2.00. The van der Waals surface area contributed by atoms with Gasteiger partial charge in [0.25, 0.3) is 5.91 Å². The Morgan fingerprint density at radius 2 is 1.92 bits per heavy atom. The number of fused-ring (bicyclic) bond motifs is 2. The number of ether oxygens (including phenoxy) is 2. The molecule has 1 aliphatic heterocycles. The fourth-order valence-electron chi connectivity index (χ4n) is 3.44. The van der Waals surface area contributed by atoms with E-state index in [1.165, 1.54) is 0 Å². The number of carbonyl (C=O) groups is 1. The summed E-state index contributed by atoms with van der Waals surface area (Å²) in [6.45, 7) is 0.461. The Morgan fingerprint density at radius 3 is 2.65 bits per heavy atom. The molecule has 3 aromatic rings. The molecule has 2 aromatic carbocycles. The van der Waals surface area contributed by atoms with Gasteiger partial charge in [0.05, 0.1) is 43.2 Å². The molecule has 0 atom stereocenters. The Bertz CT molecular complexity index is 1050. The first-order valence-electron chi connectivity index (χ1n) is 8.24. The number of rotatable bonds is 3. The number of nitrogens with zero attached hydrogens (tertiary/aromatic N) is 2. The molecule has 0 spiro atoms. The van der Waals surface area contributed by atoms with Crippen LogP contribution in [0.5, 0.6) is 11.5 Å². The molecule has 2 N–H and O–H groups in total.